The molecule has 0 bridgehead atoms. The summed E-state index contributed by atoms with van der Waals surface area (Å²) in [6.45, 7) is 0. The van der Waals surface area contributed by atoms with Gasteiger partial charge >= 0.3 is 0 Å². The second-order valence-corrected chi connectivity index (χ2v) is 1.68. The lowest BCUT2D eigenvalue weighted by molar-refractivity contribution is 0.565. The Kier molecular flexibility index (Phi) is 2.61. The molecule has 0 saturated heterocycles. The number of carbonyl (C=O) groups excluding carboxylic acids is 1. The summed E-state index contributed by atoms with van der Waals surface area (Å²) in [6.07, 6.45) is 4.56. The quantitative estimate of drug-likeness (QED) is 0.306. The zero-order valence-electron chi connectivity index (χ0n) is 5.61. The highest BCUT2D eigenvalue weighted by Gasteiger charge is 1.80. The van der Waals surface area contributed by atoms with Crippen molar-refractivity contribution >= 4 is 6.08 Å². The first kappa shape index (κ1) is 7.20. The van der Waals surface area contributed by atoms with Gasteiger partial charge < -0.3 is 0 Å². The topological polar surface area (TPSA) is 42.3 Å². The average Bonchev–Trinajstić information content (AvgIpc) is 2.07. The molecule has 0 saturated carbocycles. The molecule has 0 aliphatic heterocycles. The van der Waals surface area contributed by atoms with E-state index in [-0.39, 0.29) is 0 Å². The Balaban J connectivity index is 2.82. The highest BCUT2D eigenvalue weighted by molar-refractivity contribution is 5.39. The van der Waals surface area contributed by atoms with E-state index in [9.17, 15) is 4.79 Å². The molecule has 0 atom stereocenters. The van der Waals surface area contributed by atoms with Crippen LogP contribution >= 0.6 is 0 Å². The van der Waals surface area contributed by atoms with Crippen LogP contribution in [0.5, 0.6) is 0 Å². The fraction of sp³-hybridized carbons (Fsp3) is 0. The first-order chi connectivity index (χ1) is 5.43. The fourth-order valence-corrected chi connectivity index (χ4v) is 0.552. The predicted molar refractivity (Wildman–Crippen MR) is 39.2 cm³/mol. The Hall–Kier alpha value is -1.91. The van der Waals surface area contributed by atoms with Crippen LogP contribution in [0.4, 0.5) is 0 Å². The van der Waals surface area contributed by atoms with Crippen molar-refractivity contribution in [3.05, 3.63) is 30.1 Å². The molecule has 1 aromatic heterocycles. The van der Waals surface area contributed by atoms with Gasteiger partial charge in [-0.05, 0) is 18.1 Å². The molecule has 1 rings (SSSR count). The second kappa shape index (κ2) is 3.99. The highest BCUT2D eigenvalue weighted by Crippen LogP contribution is 1.90. The lowest BCUT2D eigenvalue weighted by Gasteiger charge is -1.82. The van der Waals surface area contributed by atoms with Crippen LogP contribution in [0, 0.1) is 12.0 Å². The molecule has 0 aliphatic carbocycles. The SMILES string of the molecule is O=C=NC#Cc1cccnc1. The molecular formula is C8H4N2O. The number of hydrogen-bond acceptors (Lipinski definition) is 3. The largest absolute Gasteiger partial charge is 0.263 e. The molecule has 1 aromatic rings. The summed E-state index contributed by atoms with van der Waals surface area (Å²) in [5.41, 5.74) is 0.728. The number of hydrogen-bond donors (Lipinski definition) is 0. The van der Waals surface area contributed by atoms with Gasteiger partial charge in [-0.1, -0.05) is 0 Å². The third-order valence-corrected chi connectivity index (χ3v) is 0.963. The van der Waals surface area contributed by atoms with Gasteiger partial charge in [-0.15, -0.1) is 4.99 Å². The Morgan fingerprint density at radius 3 is 3.09 bits per heavy atom. The van der Waals surface area contributed by atoms with E-state index < -0.39 is 0 Å². The van der Waals surface area contributed by atoms with Crippen LogP contribution in [-0.2, 0) is 4.79 Å². The van der Waals surface area contributed by atoms with E-state index in [4.69, 9.17) is 0 Å². The summed E-state index contributed by atoms with van der Waals surface area (Å²) in [6, 6.07) is 5.80. The van der Waals surface area contributed by atoms with Crippen molar-refractivity contribution in [3.63, 3.8) is 0 Å². The minimum absolute atomic E-state index is 0.728. The molecule has 3 nitrogen and oxygen atoms in total. The first-order valence-electron chi connectivity index (χ1n) is 2.91. The molecule has 1 heterocycles. The summed E-state index contributed by atoms with van der Waals surface area (Å²) in [5.74, 6) is 2.60. The van der Waals surface area contributed by atoms with Crippen LogP contribution in [0.1, 0.15) is 5.56 Å². The minimum Gasteiger partial charge on any atom is -0.263 e. The van der Waals surface area contributed by atoms with Crippen LogP contribution in [0.2, 0.25) is 0 Å². The van der Waals surface area contributed by atoms with Gasteiger partial charge in [-0.2, -0.15) is 0 Å². The predicted octanol–water partition coefficient (Wildman–Crippen LogP) is 0.726. The van der Waals surface area contributed by atoms with E-state index in [1.54, 1.807) is 24.5 Å². The molecule has 0 aliphatic rings. The molecule has 52 valence electrons. The molecule has 11 heavy (non-hydrogen) atoms. The summed E-state index contributed by atoms with van der Waals surface area (Å²) < 4.78 is 0. The van der Waals surface area contributed by atoms with Gasteiger partial charge in [0, 0.05) is 18.0 Å². The van der Waals surface area contributed by atoms with Gasteiger partial charge in [0.2, 0.25) is 6.08 Å². The van der Waals surface area contributed by atoms with Crippen LogP contribution in [0.25, 0.3) is 0 Å². The van der Waals surface area contributed by atoms with Crippen molar-refractivity contribution in [2.45, 2.75) is 0 Å². The van der Waals surface area contributed by atoms with Crippen molar-refractivity contribution in [1.29, 1.82) is 0 Å². The molecule has 0 radical (unpaired) electrons. The third kappa shape index (κ3) is 2.44. The van der Waals surface area contributed by atoms with Crippen LogP contribution < -0.4 is 0 Å². The Labute approximate surface area is 63.8 Å². The maximum absolute atomic E-state index is 9.59. The smallest absolute Gasteiger partial charge is 0.249 e. The monoisotopic (exact) mass is 144 g/mol. The Bertz CT molecular complexity index is 328. The number of aliphatic imine (C=N–C) groups is 1. The lowest BCUT2D eigenvalue weighted by Crippen LogP contribution is -1.73. The first-order valence-corrected chi connectivity index (χ1v) is 2.91. The van der Waals surface area contributed by atoms with Crippen LogP contribution in [0.15, 0.2) is 29.5 Å². The van der Waals surface area contributed by atoms with Gasteiger partial charge in [-0.3, -0.25) is 4.98 Å². The lowest BCUT2D eigenvalue weighted by atomic mass is 10.3. The Morgan fingerprint density at radius 2 is 2.45 bits per heavy atom. The molecule has 0 amide bonds. The molecule has 0 unspecified atom stereocenters. The van der Waals surface area contributed by atoms with Gasteiger partial charge in [0.1, 0.15) is 0 Å². The molecular weight excluding hydrogens is 140 g/mol. The van der Waals surface area contributed by atoms with Gasteiger partial charge in [0.15, 0.2) is 0 Å². The number of aromatic nitrogens is 1. The molecule has 0 aromatic carbocycles. The van der Waals surface area contributed by atoms with E-state index in [0.29, 0.717) is 0 Å². The second-order valence-electron chi connectivity index (χ2n) is 1.68. The third-order valence-electron chi connectivity index (χ3n) is 0.963. The standard InChI is InChI=1S/C8H4N2O/c11-7-10-5-3-8-2-1-4-9-6-8/h1-2,4,6H. The van der Waals surface area contributed by atoms with E-state index >= 15 is 0 Å². The summed E-state index contributed by atoms with van der Waals surface area (Å²) in [7, 11) is 0. The maximum atomic E-state index is 9.59. The van der Waals surface area contributed by atoms with E-state index in [2.05, 4.69) is 21.9 Å². The number of nitrogens with zero attached hydrogens (tertiary/aromatic N) is 2. The average molecular weight is 144 g/mol. The van der Waals surface area contributed by atoms with Gasteiger partial charge in [0.25, 0.3) is 0 Å². The zero-order chi connectivity index (χ0) is 7.94. The van der Waals surface area contributed by atoms with Crippen molar-refractivity contribution in [2.75, 3.05) is 0 Å². The summed E-state index contributed by atoms with van der Waals surface area (Å²) in [5, 5.41) is 0. The maximum Gasteiger partial charge on any atom is 0.249 e. The van der Waals surface area contributed by atoms with E-state index in [1.807, 2.05) is 0 Å². The van der Waals surface area contributed by atoms with Crippen LogP contribution in [0.3, 0.4) is 0 Å². The Morgan fingerprint density at radius 1 is 1.55 bits per heavy atom. The molecule has 3 heteroatoms. The van der Waals surface area contributed by atoms with Gasteiger partial charge in [-0.25, -0.2) is 4.79 Å². The fourth-order valence-electron chi connectivity index (χ4n) is 0.552. The number of rotatable bonds is 0. The molecule has 0 fully saturated rings. The van der Waals surface area contributed by atoms with Crippen molar-refractivity contribution in [2.24, 2.45) is 4.99 Å². The van der Waals surface area contributed by atoms with Gasteiger partial charge in [0.05, 0.1) is 6.04 Å². The molecule has 0 spiro atoms. The van der Waals surface area contributed by atoms with E-state index in [0.717, 1.165) is 5.56 Å². The minimum atomic E-state index is 0.728. The van der Waals surface area contributed by atoms with Crippen LogP contribution in [-0.4, -0.2) is 11.1 Å². The normalized spacial score (nSPS) is 7.27. The highest BCUT2D eigenvalue weighted by atomic mass is 16.1. The van der Waals surface area contributed by atoms with Crippen molar-refractivity contribution in [3.8, 4) is 12.0 Å². The summed E-state index contributed by atoms with van der Waals surface area (Å²) >= 11 is 0. The number of pyridine rings is 1. The van der Waals surface area contributed by atoms with Crippen molar-refractivity contribution < 1.29 is 4.79 Å². The zero-order valence-corrected chi connectivity index (χ0v) is 5.61. The number of isocyanates is 1. The molecule has 0 N–H and O–H groups in total. The van der Waals surface area contributed by atoms with Crippen molar-refractivity contribution in [1.82, 2.24) is 4.98 Å². The van der Waals surface area contributed by atoms with E-state index in [1.165, 1.54) is 6.08 Å². The summed E-state index contributed by atoms with van der Waals surface area (Å²) in [4.78, 5) is 16.5.